The molecule has 0 bridgehead atoms. The zero-order chi connectivity index (χ0) is 15.2. The number of carbonyl (C=O) groups is 1. The van der Waals surface area contributed by atoms with Crippen LogP contribution in [0.4, 0.5) is 18.0 Å². The lowest BCUT2D eigenvalue weighted by atomic mass is 9.83. The first-order valence-electron chi connectivity index (χ1n) is 6.84. The number of halogens is 3. The van der Waals surface area contributed by atoms with Crippen LogP contribution in [0.25, 0.3) is 0 Å². The number of hydrogen-bond acceptors (Lipinski definition) is 3. The van der Waals surface area contributed by atoms with Crippen LogP contribution in [-0.4, -0.2) is 47.9 Å². The zero-order valence-electron chi connectivity index (χ0n) is 12.0. The summed E-state index contributed by atoms with van der Waals surface area (Å²) < 4.78 is 44.9. The number of rotatable bonds is 0. The molecular weight excluding hydrogens is 273 g/mol. The van der Waals surface area contributed by atoms with Gasteiger partial charge in [0.25, 0.3) is 0 Å². The van der Waals surface area contributed by atoms with E-state index in [2.05, 4.69) is 5.32 Å². The molecule has 2 aliphatic rings. The molecule has 0 aromatic carbocycles. The van der Waals surface area contributed by atoms with Crippen molar-refractivity contribution in [2.75, 3.05) is 19.6 Å². The molecule has 1 spiro atoms. The standard InChI is InChI=1S/C13H21F3N2O2/c1-11(2,3)20-10(19)18-7-4-9(13(14,15)16)12(18)5-6-17-8-12/h9,17H,4-8H2,1-3H3. The molecule has 7 heteroatoms. The quantitative estimate of drug-likeness (QED) is 0.746. The number of hydrogen-bond donors (Lipinski definition) is 1. The summed E-state index contributed by atoms with van der Waals surface area (Å²) in [5.74, 6) is -1.47. The van der Waals surface area contributed by atoms with Crippen LogP contribution in [0.15, 0.2) is 0 Å². The van der Waals surface area contributed by atoms with Crippen LogP contribution in [0.1, 0.15) is 33.6 Å². The second-order valence-corrected chi connectivity index (χ2v) is 6.55. The lowest BCUT2D eigenvalue weighted by Crippen LogP contribution is -2.56. The van der Waals surface area contributed by atoms with E-state index in [1.165, 1.54) is 4.90 Å². The lowest BCUT2D eigenvalue weighted by Gasteiger charge is -2.39. The zero-order valence-corrected chi connectivity index (χ0v) is 12.0. The Bertz CT molecular complexity index is 384. The highest BCUT2D eigenvalue weighted by Gasteiger charge is 2.62. The van der Waals surface area contributed by atoms with E-state index in [-0.39, 0.29) is 19.5 Å². The fourth-order valence-electron chi connectivity index (χ4n) is 3.22. The number of ether oxygens (including phenoxy) is 1. The van der Waals surface area contributed by atoms with Gasteiger partial charge in [-0.3, -0.25) is 0 Å². The smallest absolute Gasteiger partial charge is 0.410 e. The summed E-state index contributed by atoms with van der Waals surface area (Å²) >= 11 is 0. The van der Waals surface area contributed by atoms with Gasteiger partial charge >= 0.3 is 12.3 Å². The maximum absolute atomic E-state index is 13.2. The minimum atomic E-state index is -4.29. The van der Waals surface area contributed by atoms with Gasteiger partial charge in [-0.15, -0.1) is 0 Å². The highest BCUT2D eigenvalue weighted by molar-refractivity contribution is 5.70. The highest BCUT2D eigenvalue weighted by Crippen LogP contribution is 2.48. The Morgan fingerprint density at radius 1 is 1.35 bits per heavy atom. The highest BCUT2D eigenvalue weighted by atomic mass is 19.4. The first-order chi connectivity index (χ1) is 9.06. The summed E-state index contributed by atoms with van der Waals surface area (Å²) in [6.45, 7) is 5.90. The Morgan fingerprint density at radius 2 is 2.00 bits per heavy atom. The Kier molecular flexibility index (Phi) is 3.69. The van der Waals surface area contributed by atoms with Crippen molar-refractivity contribution in [3.8, 4) is 0 Å². The van der Waals surface area contributed by atoms with Gasteiger partial charge in [-0.1, -0.05) is 0 Å². The first-order valence-corrected chi connectivity index (χ1v) is 6.84. The maximum atomic E-state index is 13.2. The van der Waals surface area contributed by atoms with E-state index in [0.29, 0.717) is 13.0 Å². The van der Waals surface area contributed by atoms with E-state index < -0.39 is 29.3 Å². The Morgan fingerprint density at radius 3 is 2.45 bits per heavy atom. The molecule has 1 amide bonds. The molecule has 1 N–H and O–H groups in total. The fraction of sp³-hybridized carbons (Fsp3) is 0.923. The van der Waals surface area contributed by atoms with Crippen LogP contribution in [0.3, 0.4) is 0 Å². The van der Waals surface area contributed by atoms with Crippen LogP contribution in [0.5, 0.6) is 0 Å². The van der Waals surface area contributed by atoms with Gasteiger partial charge in [0, 0.05) is 13.1 Å². The minimum Gasteiger partial charge on any atom is -0.444 e. The molecule has 2 rings (SSSR count). The molecule has 2 unspecified atom stereocenters. The van der Waals surface area contributed by atoms with Gasteiger partial charge in [0.1, 0.15) is 5.60 Å². The molecular formula is C13H21F3N2O2. The molecule has 0 saturated carbocycles. The Balaban J connectivity index is 2.24. The van der Waals surface area contributed by atoms with E-state index in [9.17, 15) is 18.0 Å². The summed E-state index contributed by atoms with van der Waals surface area (Å²) in [5, 5.41) is 2.96. The fourth-order valence-corrected chi connectivity index (χ4v) is 3.22. The van der Waals surface area contributed by atoms with Crippen molar-refractivity contribution in [1.29, 1.82) is 0 Å². The van der Waals surface area contributed by atoms with E-state index in [0.717, 1.165) is 0 Å². The monoisotopic (exact) mass is 294 g/mol. The molecule has 0 aromatic rings. The van der Waals surface area contributed by atoms with Crippen molar-refractivity contribution in [2.24, 2.45) is 5.92 Å². The molecule has 0 radical (unpaired) electrons. The SMILES string of the molecule is CC(C)(C)OC(=O)N1CCC(C(F)(F)F)C12CCNC2. The van der Waals surface area contributed by atoms with Gasteiger partial charge in [0.2, 0.25) is 0 Å². The summed E-state index contributed by atoms with van der Waals surface area (Å²) in [7, 11) is 0. The predicted molar refractivity (Wildman–Crippen MR) is 67.3 cm³/mol. The van der Waals surface area contributed by atoms with Crippen molar-refractivity contribution in [3.05, 3.63) is 0 Å². The summed E-state index contributed by atoms with van der Waals surface area (Å²) in [6, 6.07) is 0. The van der Waals surface area contributed by atoms with Gasteiger partial charge in [0.15, 0.2) is 0 Å². The van der Waals surface area contributed by atoms with Crippen molar-refractivity contribution in [2.45, 2.75) is 50.9 Å². The third kappa shape index (κ3) is 2.73. The average molecular weight is 294 g/mol. The molecule has 4 nitrogen and oxygen atoms in total. The van der Waals surface area contributed by atoms with Crippen LogP contribution in [0, 0.1) is 5.92 Å². The predicted octanol–water partition coefficient (Wildman–Crippen LogP) is 2.54. The minimum absolute atomic E-state index is 0.0512. The molecule has 2 aliphatic heterocycles. The topological polar surface area (TPSA) is 41.6 Å². The summed E-state index contributed by atoms with van der Waals surface area (Å²) in [5.41, 5.74) is -1.89. The van der Waals surface area contributed by atoms with Gasteiger partial charge < -0.3 is 15.0 Å². The van der Waals surface area contributed by atoms with E-state index in [1.807, 2.05) is 0 Å². The first kappa shape index (κ1) is 15.4. The van der Waals surface area contributed by atoms with Gasteiger partial charge in [-0.25, -0.2) is 4.79 Å². The van der Waals surface area contributed by atoms with E-state index in [1.54, 1.807) is 20.8 Å². The lowest BCUT2D eigenvalue weighted by molar-refractivity contribution is -0.192. The molecule has 20 heavy (non-hydrogen) atoms. The number of nitrogens with one attached hydrogen (secondary N) is 1. The summed E-state index contributed by atoms with van der Waals surface area (Å²) in [4.78, 5) is 13.5. The van der Waals surface area contributed by atoms with E-state index in [4.69, 9.17) is 4.74 Å². The molecule has 2 saturated heterocycles. The second-order valence-electron chi connectivity index (χ2n) is 6.55. The largest absolute Gasteiger partial charge is 0.444 e. The number of amides is 1. The van der Waals surface area contributed by atoms with Crippen molar-refractivity contribution in [1.82, 2.24) is 10.2 Å². The molecule has 0 aromatic heterocycles. The Hall–Kier alpha value is -0.980. The molecule has 2 fully saturated rings. The van der Waals surface area contributed by atoms with E-state index >= 15 is 0 Å². The van der Waals surface area contributed by atoms with Crippen molar-refractivity contribution >= 4 is 6.09 Å². The van der Waals surface area contributed by atoms with Crippen LogP contribution in [-0.2, 0) is 4.74 Å². The third-order valence-electron chi connectivity index (χ3n) is 4.00. The Labute approximate surface area is 116 Å². The number of likely N-dealkylation sites (tertiary alicyclic amines) is 1. The maximum Gasteiger partial charge on any atom is 0.410 e. The normalized spacial score (nSPS) is 31.1. The number of alkyl halides is 3. The van der Waals surface area contributed by atoms with Crippen molar-refractivity contribution in [3.63, 3.8) is 0 Å². The molecule has 0 aliphatic carbocycles. The molecule has 116 valence electrons. The van der Waals surface area contributed by atoms with Crippen LogP contribution in [0.2, 0.25) is 0 Å². The average Bonchev–Trinajstić information content (AvgIpc) is 2.83. The van der Waals surface area contributed by atoms with Gasteiger partial charge in [-0.2, -0.15) is 13.2 Å². The summed E-state index contributed by atoms with van der Waals surface area (Å²) in [6.07, 6.45) is -4.67. The van der Waals surface area contributed by atoms with Gasteiger partial charge in [0.05, 0.1) is 11.5 Å². The third-order valence-corrected chi connectivity index (χ3v) is 4.00. The van der Waals surface area contributed by atoms with Crippen LogP contribution >= 0.6 is 0 Å². The second kappa shape index (κ2) is 4.79. The number of nitrogens with zero attached hydrogens (tertiary/aromatic N) is 1. The molecule has 2 atom stereocenters. The van der Waals surface area contributed by atoms with Gasteiger partial charge in [-0.05, 0) is 40.2 Å². The molecule has 2 heterocycles. The van der Waals surface area contributed by atoms with Crippen LogP contribution < -0.4 is 5.32 Å². The number of carbonyl (C=O) groups excluding carboxylic acids is 1. The van der Waals surface area contributed by atoms with Crippen molar-refractivity contribution < 1.29 is 22.7 Å².